The van der Waals surface area contributed by atoms with Crippen LogP contribution >= 0.6 is 0 Å². The molecule has 0 unspecified atom stereocenters. The number of nitrogens with zero attached hydrogens (tertiary/aromatic N) is 1. The van der Waals surface area contributed by atoms with Gasteiger partial charge in [0, 0.05) is 14.1 Å². The van der Waals surface area contributed by atoms with Crippen molar-refractivity contribution in [2.24, 2.45) is 0 Å². The zero-order valence-corrected chi connectivity index (χ0v) is 8.16. The largest absolute Gasteiger partial charge is 0.376 e. The van der Waals surface area contributed by atoms with Crippen LogP contribution in [0.1, 0.15) is 5.56 Å². The van der Waals surface area contributed by atoms with Crippen molar-refractivity contribution in [1.29, 1.82) is 0 Å². The Morgan fingerprint density at radius 1 is 1.38 bits per heavy atom. The van der Waals surface area contributed by atoms with Crippen LogP contribution < -0.4 is 10.2 Å². The van der Waals surface area contributed by atoms with Gasteiger partial charge in [0.25, 0.3) is 0 Å². The predicted molar refractivity (Wildman–Crippen MR) is 55.2 cm³/mol. The Morgan fingerprint density at radius 3 is 2.62 bits per heavy atom. The first kappa shape index (κ1) is 9.58. The van der Waals surface area contributed by atoms with Gasteiger partial charge in [-0.05, 0) is 24.6 Å². The van der Waals surface area contributed by atoms with Crippen LogP contribution in [0.25, 0.3) is 0 Å². The number of anilines is 2. The highest BCUT2D eigenvalue weighted by atomic mass is 16.1. The van der Waals surface area contributed by atoms with Crippen molar-refractivity contribution < 1.29 is 4.79 Å². The van der Waals surface area contributed by atoms with Crippen molar-refractivity contribution in [2.45, 2.75) is 6.92 Å². The Balaban J connectivity index is 3.10. The van der Waals surface area contributed by atoms with E-state index < -0.39 is 0 Å². The predicted octanol–water partition coefficient (Wildman–Crippen LogP) is 1.63. The summed E-state index contributed by atoms with van der Waals surface area (Å²) in [6, 6.07) is 5.91. The highest BCUT2D eigenvalue weighted by Crippen LogP contribution is 2.24. The van der Waals surface area contributed by atoms with Gasteiger partial charge in [0.2, 0.25) is 6.41 Å². The van der Waals surface area contributed by atoms with E-state index in [9.17, 15) is 4.79 Å². The summed E-state index contributed by atoms with van der Waals surface area (Å²) in [5.41, 5.74) is 3.04. The summed E-state index contributed by atoms with van der Waals surface area (Å²) in [7, 11) is 3.90. The van der Waals surface area contributed by atoms with Gasteiger partial charge in [0.05, 0.1) is 11.4 Å². The molecule has 0 saturated carbocycles. The number of aryl methyl sites for hydroxylation is 1. The Hall–Kier alpha value is -1.51. The molecule has 0 radical (unpaired) electrons. The minimum absolute atomic E-state index is 0.692. The zero-order chi connectivity index (χ0) is 9.84. The molecule has 1 aromatic carbocycles. The van der Waals surface area contributed by atoms with Crippen LogP contribution in [0.3, 0.4) is 0 Å². The molecule has 0 aliphatic rings. The molecule has 0 heterocycles. The van der Waals surface area contributed by atoms with Crippen molar-refractivity contribution in [2.75, 3.05) is 24.3 Å². The van der Waals surface area contributed by atoms with Crippen molar-refractivity contribution >= 4 is 17.8 Å². The lowest BCUT2D eigenvalue weighted by molar-refractivity contribution is -0.105. The number of carbonyl (C=O) groups excluding carboxylic acids is 1. The Morgan fingerprint density at radius 2 is 2.08 bits per heavy atom. The van der Waals surface area contributed by atoms with Crippen molar-refractivity contribution in [3.63, 3.8) is 0 Å². The molecular formula is C10H14N2O. The molecule has 3 heteroatoms. The highest BCUT2D eigenvalue weighted by molar-refractivity contribution is 5.81. The molecule has 0 saturated heterocycles. The molecule has 0 aliphatic carbocycles. The van der Waals surface area contributed by atoms with Gasteiger partial charge in [-0.15, -0.1) is 0 Å². The van der Waals surface area contributed by atoms with E-state index in [2.05, 4.69) is 5.32 Å². The van der Waals surface area contributed by atoms with Gasteiger partial charge in [-0.3, -0.25) is 4.79 Å². The first-order valence-corrected chi connectivity index (χ1v) is 4.13. The lowest BCUT2D eigenvalue weighted by Gasteiger charge is -2.17. The number of amides is 1. The third-order valence-electron chi connectivity index (χ3n) is 1.85. The minimum Gasteiger partial charge on any atom is -0.376 e. The normalized spacial score (nSPS) is 9.46. The fourth-order valence-electron chi connectivity index (χ4n) is 1.20. The third kappa shape index (κ3) is 2.21. The number of rotatable bonds is 3. The van der Waals surface area contributed by atoms with E-state index in [1.807, 2.05) is 44.1 Å². The van der Waals surface area contributed by atoms with Crippen molar-refractivity contribution in [3.8, 4) is 0 Å². The smallest absolute Gasteiger partial charge is 0.211 e. The summed E-state index contributed by atoms with van der Waals surface area (Å²) in [4.78, 5) is 12.3. The Bertz CT molecular complexity index is 308. The lowest BCUT2D eigenvalue weighted by Crippen LogP contribution is -2.11. The van der Waals surface area contributed by atoms with Gasteiger partial charge in [-0.1, -0.05) is 6.07 Å². The number of benzene rings is 1. The Labute approximate surface area is 78.4 Å². The maximum atomic E-state index is 10.3. The molecule has 70 valence electrons. The first-order valence-electron chi connectivity index (χ1n) is 4.13. The maximum Gasteiger partial charge on any atom is 0.211 e. The second-order valence-electron chi connectivity index (χ2n) is 3.18. The fraction of sp³-hybridized carbons (Fsp3) is 0.300. The summed E-state index contributed by atoms with van der Waals surface area (Å²) in [6.45, 7) is 2.03. The van der Waals surface area contributed by atoms with Crippen molar-refractivity contribution in [3.05, 3.63) is 23.8 Å². The summed E-state index contributed by atoms with van der Waals surface area (Å²) in [5, 5.41) is 2.66. The molecule has 0 aromatic heterocycles. The Kier molecular flexibility index (Phi) is 2.90. The van der Waals surface area contributed by atoms with E-state index in [1.54, 1.807) is 0 Å². The molecular weight excluding hydrogens is 164 g/mol. The van der Waals surface area contributed by atoms with Gasteiger partial charge in [0.1, 0.15) is 0 Å². The quantitative estimate of drug-likeness (QED) is 0.713. The summed E-state index contributed by atoms with van der Waals surface area (Å²) in [5.74, 6) is 0. The van der Waals surface area contributed by atoms with Crippen LogP contribution in [-0.4, -0.2) is 20.5 Å². The van der Waals surface area contributed by atoms with Gasteiger partial charge in [-0.25, -0.2) is 0 Å². The van der Waals surface area contributed by atoms with Crippen LogP contribution in [0, 0.1) is 6.92 Å². The average molecular weight is 178 g/mol. The molecule has 0 spiro atoms. The van der Waals surface area contributed by atoms with E-state index in [0.29, 0.717) is 6.41 Å². The number of hydrogen-bond acceptors (Lipinski definition) is 2. The van der Waals surface area contributed by atoms with Gasteiger partial charge in [-0.2, -0.15) is 0 Å². The summed E-state index contributed by atoms with van der Waals surface area (Å²) in [6.07, 6.45) is 0.692. The molecule has 0 fully saturated rings. The SMILES string of the molecule is Cc1ccc(NC=O)c(N(C)C)c1. The van der Waals surface area contributed by atoms with Gasteiger partial charge in [0.15, 0.2) is 0 Å². The van der Waals surface area contributed by atoms with Gasteiger partial charge < -0.3 is 10.2 Å². The standard InChI is InChI=1S/C10H14N2O/c1-8-4-5-9(11-7-13)10(6-8)12(2)3/h4-7H,1-3H3,(H,11,13). The highest BCUT2D eigenvalue weighted by Gasteiger charge is 2.02. The summed E-state index contributed by atoms with van der Waals surface area (Å²) < 4.78 is 0. The van der Waals surface area contributed by atoms with E-state index in [4.69, 9.17) is 0 Å². The number of nitrogens with one attached hydrogen (secondary N) is 1. The average Bonchev–Trinajstić information content (AvgIpc) is 2.08. The maximum absolute atomic E-state index is 10.3. The second kappa shape index (κ2) is 3.94. The molecule has 1 amide bonds. The van der Waals surface area contributed by atoms with Gasteiger partial charge >= 0.3 is 0 Å². The number of carbonyl (C=O) groups is 1. The molecule has 1 aromatic rings. The van der Waals surface area contributed by atoms with Crippen molar-refractivity contribution in [1.82, 2.24) is 0 Å². The molecule has 1 N–H and O–H groups in total. The molecule has 1 rings (SSSR count). The van der Waals surface area contributed by atoms with Crippen LogP contribution in [0.5, 0.6) is 0 Å². The van der Waals surface area contributed by atoms with Crippen LogP contribution in [0.15, 0.2) is 18.2 Å². The molecule has 13 heavy (non-hydrogen) atoms. The fourth-order valence-corrected chi connectivity index (χ4v) is 1.20. The van der Waals surface area contributed by atoms with Crippen LogP contribution in [0.4, 0.5) is 11.4 Å². The second-order valence-corrected chi connectivity index (χ2v) is 3.18. The topological polar surface area (TPSA) is 32.3 Å². The lowest BCUT2D eigenvalue weighted by atomic mass is 10.2. The van der Waals surface area contributed by atoms with E-state index in [1.165, 1.54) is 5.56 Å². The summed E-state index contributed by atoms with van der Waals surface area (Å²) >= 11 is 0. The molecule has 3 nitrogen and oxygen atoms in total. The molecule has 0 aliphatic heterocycles. The monoisotopic (exact) mass is 178 g/mol. The zero-order valence-electron chi connectivity index (χ0n) is 8.16. The van der Waals surface area contributed by atoms with Crippen LogP contribution in [0.2, 0.25) is 0 Å². The van der Waals surface area contributed by atoms with E-state index in [0.717, 1.165) is 11.4 Å². The molecule has 0 bridgehead atoms. The third-order valence-corrected chi connectivity index (χ3v) is 1.85. The minimum atomic E-state index is 0.692. The van der Waals surface area contributed by atoms with E-state index >= 15 is 0 Å². The molecule has 0 atom stereocenters. The van der Waals surface area contributed by atoms with Crippen LogP contribution in [-0.2, 0) is 4.79 Å². The number of hydrogen-bond donors (Lipinski definition) is 1. The van der Waals surface area contributed by atoms with E-state index in [-0.39, 0.29) is 0 Å². The first-order chi connectivity index (χ1) is 6.15.